The smallest absolute Gasteiger partial charge is 0.219 e. The molecule has 1 saturated heterocycles. The number of carbonyl (C=O) groups is 1. The van der Waals surface area contributed by atoms with Gasteiger partial charge in [0.15, 0.2) is 0 Å². The van der Waals surface area contributed by atoms with E-state index < -0.39 is 6.10 Å². The van der Waals surface area contributed by atoms with Gasteiger partial charge in [0.05, 0.1) is 6.10 Å². The van der Waals surface area contributed by atoms with Crippen LogP contribution in [0.1, 0.15) is 25.0 Å². The van der Waals surface area contributed by atoms with Crippen molar-refractivity contribution < 1.29 is 9.90 Å². The predicted molar refractivity (Wildman–Crippen MR) is 82.4 cm³/mol. The van der Waals surface area contributed by atoms with Crippen LogP contribution >= 0.6 is 15.9 Å². The summed E-state index contributed by atoms with van der Waals surface area (Å²) in [6.45, 7) is 5.56. The molecule has 1 aromatic rings. The summed E-state index contributed by atoms with van der Waals surface area (Å²) in [7, 11) is 0. The zero-order chi connectivity index (χ0) is 14.5. The maximum atomic E-state index is 11.4. The molecule has 1 aliphatic rings. The van der Waals surface area contributed by atoms with Gasteiger partial charge in [-0.3, -0.25) is 9.69 Å². The van der Waals surface area contributed by atoms with E-state index in [1.54, 1.807) is 6.92 Å². The van der Waals surface area contributed by atoms with E-state index in [0.717, 1.165) is 42.6 Å². The molecule has 0 saturated carbocycles. The number of benzene rings is 1. The summed E-state index contributed by atoms with van der Waals surface area (Å²) >= 11 is 3.39. The quantitative estimate of drug-likeness (QED) is 0.915. The first-order chi connectivity index (χ1) is 9.56. The van der Waals surface area contributed by atoms with Crippen LogP contribution in [0.4, 0.5) is 0 Å². The third-order valence-electron chi connectivity index (χ3n) is 3.72. The molecule has 4 nitrogen and oxygen atoms in total. The molecule has 5 heteroatoms. The van der Waals surface area contributed by atoms with Crippen molar-refractivity contribution in [1.82, 2.24) is 9.80 Å². The first kappa shape index (κ1) is 15.5. The van der Waals surface area contributed by atoms with E-state index in [9.17, 15) is 9.90 Å². The number of β-amino-alcohol motifs (C(OH)–C–C–N with tert-alkyl or cyclic N) is 1. The molecule has 0 bridgehead atoms. The molecular formula is C15H21BrN2O2. The number of carbonyl (C=O) groups excluding carboxylic acids is 1. The fraction of sp³-hybridized carbons (Fsp3) is 0.533. The number of hydrogen-bond acceptors (Lipinski definition) is 3. The highest BCUT2D eigenvalue weighted by molar-refractivity contribution is 9.10. The normalized spacial score (nSPS) is 18.6. The molecule has 1 N–H and O–H groups in total. The van der Waals surface area contributed by atoms with Crippen molar-refractivity contribution in [3.8, 4) is 0 Å². The Bertz CT molecular complexity index is 450. The predicted octanol–water partition coefficient (Wildman–Crippen LogP) is 2.04. The maximum Gasteiger partial charge on any atom is 0.219 e. The second-order valence-corrected chi connectivity index (χ2v) is 6.14. The van der Waals surface area contributed by atoms with E-state index in [-0.39, 0.29) is 5.91 Å². The second-order valence-electron chi connectivity index (χ2n) is 5.23. The zero-order valence-electron chi connectivity index (χ0n) is 11.8. The monoisotopic (exact) mass is 340 g/mol. The van der Waals surface area contributed by atoms with Crippen molar-refractivity contribution in [3.05, 3.63) is 34.3 Å². The van der Waals surface area contributed by atoms with E-state index in [2.05, 4.69) is 20.8 Å². The van der Waals surface area contributed by atoms with Gasteiger partial charge < -0.3 is 10.0 Å². The van der Waals surface area contributed by atoms with E-state index in [4.69, 9.17) is 0 Å². The largest absolute Gasteiger partial charge is 0.387 e. The minimum Gasteiger partial charge on any atom is -0.387 e. The Balaban J connectivity index is 1.89. The molecule has 1 amide bonds. The van der Waals surface area contributed by atoms with E-state index in [1.807, 2.05) is 29.2 Å². The van der Waals surface area contributed by atoms with Gasteiger partial charge in [-0.25, -0.2) is 0 Å². The molecule has 20 heavy (non-hydrogen) atoms. The summed E-state index contributed by atoms with van der Waals surface area (Å²) in [5.41, 5.74) is 0.931. The lowest BCUT2D eigenvalue weighted by molar-refractivity contribution is -0.128. The van der Waals surface area contributed by atoms with Crippen LogP contribution in [0, 0.1) is 0 Å². The third-order valence-corrected chi connectivity index (χ3v) is 4.25. The molecule has 0 spiro atoms. The maximum absolute atomic E-state index is 11.4. The minimum atomic E-state index is -0.480. The van der Waals surface area contributed by atoms with Crippen LogP contribution in [0.3, 0.4) is 0 Å². The number of aliphatic hydroxyl groups excluding tert-OH is 1. The zero-order valence-corrected chi connectivity index (χ0v) is 13.3. The van der Waals surface area contributed by atoms with Gasteiger partial charge in [-0.1, -0.05) is 28.1 Å². The molecular weight excluding hydrogens is 320 g/mol. The average molecular weight is 341 g/mol. The van der Waals surface area contributed by atoms with Gasteiger partial charge in [0.2, 0.25) is 5.91 Å². The number of rotatable bonds is 3. The lowest BCUT2D eigenvalue weighted by atomic mass is 10.1. The Morgan fingerprint density at radius 3 is 2.60 bits per heavy atom. The van der Waals surface area contributed by atoms with E-state index in [0.29, 0.717) is 6.54 Å². The molecule has 1 fully saturated rings. The SMILES string of the molecule is CC(=O)N1CCCN(CC(O)c2ccc(Br)cc2)CC1. The van der Waals surface area contributed by atoms with E-state index in [1.165, 1.54) is 0 Å². The van der Waals surface area contributed by atoms with Crippen LogP contribution in [0.5, 0.6) is 0 Å². The number of nitrogens with zero attached hydrogens (tertiary/aromatic N) is 2. The highest BCUT2D eigenvalue weighted by Gasteiger charge is 2.19. The molecule has 0 radical (unpaired) electrons. The van der Waals surface area contributed by atoms with Gasteiger partial charge >= 0.3 is 0 Å². The Hall–Kier alpha value is -0.910. The van der Waals surface area contributed by atoms with Crippen molar-refractivity contribution in [3.63, 3.8) is 0 Å². The lowest BCUT2D eigenvalue weighted by Crippen LogP contribution is -2.35. The Labute approximate surface area is 128 Å². The van der Waals surface area contributed by atoms with Crippen molar-refractivity contribution in [2.75, 3.05) is 32.7 Å². The standard InChI is InChI=1S/C15H21BrN2O2/c1-12(19)18-8-2-7-17(9-10-18)11-15(20)13-3-5-14(16)6-4-13/h3-6,15,20H,2,7-11H2,1H3. The first-order valence-electron chi connectivity index (χ1n) is 6.97. The van der Waals surface area contributed by atoms with Gasteiger partial charge in [0.25, 0.3) is 0 Å². The molecule has 1 aromatic carbocycles. The Morgan fingerprint density at radius 1 is 1.25 bits per heavy atom. The molecule has 1 heterocycles. The van der Waals surface area contributed by atoms with Crippen LogP contribution < -0.4 is 0 Å². The number of hydrogen-bond donors (Lipinski definition) is 1. The van der Waals surface area contributed by atoms with Crippen LogP contribution in [-0.2, 0) is 4.79 Å². The average Bonchev–Trinajstić information content (AvgIpc) is 2.65. The van der Waals surface area contributed by atoms with Crippen molar-refractivity contribution in [2.45, 2.75) is 19.4 Å². The summed E-state index contributed by atoms with van der Waals surface area (Å²) in [5, 5.41) is 10.3. The van der Waals surface area contributed by atoms with Crippen LogP contribution in [0.2, 0.25) is 0 Å². The van der Waals surface area contributed by atoms with Gasteiger partial charge in [0.1, 0.15) is 0 Å². The Kier molecular flexibility index (Phi) is 5.57. The summed E-state index contributed by atoms with van der Waals surface area (Å²) < 4.78 is 1.01. The van der Waals surface area contributed by atoms with Crippen LogP contribution in [0.15, 0.2) is 28.7 Å². The Morgan fingerprint density at radius 2 is 1.95 bits per heavy atom. The van der Waals surface area contributed by atoms with Crippen LogP contribution in [-0.4, -0.2) is 53.5 Å². The first-order valence-corrected chi connectivity index (χ1v) is 7.77. The molecule has 0 aromatic heterocycles. The molecule has 1 unspecified atom stereocenters. The molecule has 0 aliphatic carbocycles. The minimum absolute atomic E-state index is 0.139. The number of amides is 1. The molecule has 1 aliphatic heterocycles. The van der Waals surface area contributed by atoms with Gasteiger partial charge in [-0.2, -0.15) is 0 Å². The third kappa shape index (κ3) is 4.30. The van der Waals surface area contributed by atoms with Crippen LogP contribution in [0.25, 0.3) is 0 Å². The van der Waals surface area contributed by atoms with Gasteiger partial charge in [-0.15, -0.1) is 0 Å². The molecule has 1 atom stereocenters. The highest BCUT2D eigenvalue weighted by atomic mass is 79.9. The highest BCUT2D eigenvalue weighted by Crippen LogP contribution is 2.18. The molecule has 2 rings (SSSR count). The summed E-state index contributed by atoms with van der Waals surface area (Å²) in [6.07, 6.45) is 0.485. The fourth-order valence-electron chi connectivity index (χ4n) is 2.50. The summed E-state index contributed by atoms with van der Waals surface area (Å²) in [4.78, 5) is 15.5. The van der Waals surface area contributed by atoms with Crippen molar-refractivity contribution >= 4 is 21.8 Å². The molecule has 110 valence electrons. The lowest BCUT2D eigenvalue weighted by Gasteiger charge is -2.24. The van der Waals surface area contributed by atoms with E-state index >= 15 is 0 Å². The van der Waals surface area contributed by atoms with Crippen molar-refractivity contribution in [2.24, 2.45) is 0 Å². The summed E-state index contributed by atoms with van der Waals surface area (Å²) in [5.74, 6) is 0.139. The van der Waals surface area contributed by atoms with Gasteiger partial charge in [-0.05, 0) is 24.1 Å². The van der Waals surface area contributed by atoms with Gasteiger partial charge in [0, 0.05) is 44.1 Å². The number of halogens is 1. The number of aliphatic hydroxyl groups is 1. The topological polar surface area (TPSA) is 43.8 Å². The fourth-order valence-corrected chi connectivity index (χ4v) is 2.77. The summed E-state index contributed by atoms with van der Waals surface area (Å²) in [6, 6.07) is 7.76. The van der Waals surface area contributed by atoms with Crippen molar-refractivity contribution in [1.29, 1.82) is 0 Å². The second kappa shape index (κ2) is 7.20.